The maximum absolute atomic E-state index is 4.68. The summed E-state index contributed by atoms with van der Waals surface area (Å²) in [5, 5.41) is 3.37. The normalized spacial score (nSPS) is 19.0. The van der Waals surface area contributed by atoms with E-state index in [2.05, 4.69) is 69.9 Å². The van der Waals surface area contributed by atoms with Gasteiger partial charge in [0.2, 0.25) is 0 Å². The first-order valence-corrected chi connectivity index (χ1v) is 11.1. The summed E-state index contributed by atoms with van der Waals surface area (Å²) in [5.74, 6) is 2.27. The van der Waals surface area contributed by atoms with E-state index >= 15 is 0 Å². The van der Waals surface area contributed by atoms with Gasteiger partial charge in [-0.05, 0) is 62.1 Å². The first kappa shape index (κ1) is 20.2. The van der Waals surface area contributed by atoms with Gasteiger partial charge >= 0.3 is 0 Å². The monoisotopic (exact) mass is 409 g/mol. The minimum atomic E-state index is 0.641. The largest absolute Gasteiger partial charge is 0.368 e. The van der Waals surface area contributed by atoms with Crippen molar-refractivity contribution in [2.45, 2.75) is 37.5 Å². The number of nitrogens with zero attached hydrogens (tertiary/aromatic N) is 4. The van der Waals surface area contributed by atoms with E-state index in [1.165, 1.54) is 42.5 Å². The Labute approximate surface area is 179 Å². The molecule has 2 aromatic rings. The van der Waals surface area contributed by atoms with Crippen molar-refractivity contribution in [1.82, 2.24) is 14.9 Å². The van der Waals surface area contributed by atoms with Crippen molar-refractivity contribution >= 4 is 35.5 Å². The lowest BCUT2D eigenvalue weighted by Crippen LogP contribution is -2.44. The number of hydrogen-bond acceptors (Lipinski definition) is 6. The fourth-order valence-corrected chi connectivity index (χ4v) is 4.69. The van der Waals surface area contributed by atoms with Crippen LogP contribution in [0.25, 0.3) is 5.57 Å². The SMILES string of the molecule is C/C=C(/c1cc(Nc2ccc(N3CCN(C)CC3)cn2)ncc1S)C1CCCC1. The Morgan fingerprint density at radius 1 is 1.07 bits per heavy atom. The fraction of sp³-hybridized carbons (Fsp3) is 0.478. The molecule has 6 heteroatoms. The molecule has 2 aliphatic rings. The zero-order valence-corrected chi connectivity index (χ0v) is 18.3. The fourth-order valence-electron chi connectivity index (χ4n) is 4.44. The van der Waals surface area contributed by atoms with E-state index in [4.69, 9.17) is 0 Å². The Morgan fingerprint density at radius 2 is 1.79 bits per heavy atom. The van der Waals surface area contributed by atoms with E-state index in [1.807, 2.05) is 18.5 Å². The second kappa shape index (κ2) is 9.18. The summed E-state index contributed by atoms with van der Waals surface area (Å²) in [4.78, 5) is 14.8. The number of rotatable bonds is 5. The quantitative estimate of drug-likeness (QED) is 0.691. The molecular formula is C23H31N5S. The lowest BCUT2D eigenvalue weighted by molar-refractivity contribution is 0.313. The molecule has 0 unspecified atom stereocenters. The third-order valence-electron chi connectivity index (χ3n) is 6.17. The van der Waals surface area contributed by atoms with E-state index in [9.17, 15) is 0 Å². The van der Waals surface area contributed by atoms with E-state index in [-0.39, 0.29) is 0 Å². The molecule has 1 saturated carbocycles. The molecule has 0 spiro atoms. The second-order valence-corrected chi connectivity index (χ2v) is 8.61. The number of anilines is 3. The van der Waals surface area contributed by atoms with Gasteiger partial charge in [0, 0.05) is 37.3 Å². The molecule has 3 heterocycles. The first-order chi connectivity index (χ1) is 14.1. The number of likely N-dealkylation sites (N-methyl/N-ethyl adjacent to an activating group) is 1. The summed E-state index contributed by atoms with van der Waals surface area (Å²) in [5.41, 5.74) is 3.77. The first-order valence-electron chi connectivity index (χ1n) is 10.7. The molecule has 1 N–H and O–H groups in total. The summed E-state index contributed by atoms with van der Waals surface area (Å²) < 4.78 is 0. The van der Waals surface area contributed by atoms with Gasteiger partial charge in [-0.3, -0.25) is 0 Å². The third-order valence-corrected chi connectivity index (χ3v) is 6.53. The predicted molar refractivity (Wildman–Crippen MR) is 124 cm³/mol. The molecule has 1 aliphatic heterocycles. The van der Waals surface area contributed by atoms with Crippen molar-refractivity contribution in [3.63, 3.8) is 0 Å². The highest BCUT2D eigenvalue weighted by Crippen LogP contribution is 2.39. The molecule has 0 bridgehead atoms. The highest BCUT2D eigenvalue weighted by molar-refractivity contribution is 7.80. The molecule has 1 saturated heterocycles. The number of piperazine rings is 1. The van der Waals surface area contributed by atoms with E-state index in [1.54, 1.807) is 0 Å². The molecular weight excluding hydrogens is 378 g/mol. The molecule has 2 aromatic heterocycles. The molecule has 0 atom stereocenters. The van der Waals surface area contributed by atoms with Crippen molar-refractivity contribution in [2.24, 2.45) is 5.92 Å². The smallest absolute Gasteiger partial charge is 0.132 e. The Bertz CT molecular complexity index is 850. The second-order valence-electron chi connectivity index (χ2n) is 8.13. The minimum absolute atomic E-state index is 0.641. The molecule has 29 heavy (non-hydrogen) atoms. The van der Waals surface area contributed by atoms with Gasteiger partial charge in [0.1, 0.15) is 11.6 Å². The van der Waals surface area contributed by atoms with Crippen LogP contribution < -0.4 is 10.2 Å². The average molecular weight is 410 g/mol. The maximum Gasteiger partial charge on any atom is 0.132 e. The van der Waals surface area contributed by atoms with E-state index in [0.29, 0.717) is 5.92 Å². The predicted octanol–water partition coefficient (Wildman–Crippen LogP) is 4.85. The van der Waals surface area contributed by atoms with Crippen LogP contribution in [0.1, 0.15) is 38.2 Å². The van der Waals surface area contributed by atoms with Crippen molar-refractivity contribution in [1.29, 1.82) is 0 Å². The van der Waals surface area contributed by atoms with E-state index < -0.39 is 0 Å². The van der Waals surface area contributed by atoms with Crippen LogP contribution in [-0.2, 0) is 0 Å². The molecule has 1 aliphatic carbocycles. The summed E-state index contributed by atoms with van der Waals surface area (Å²) in [6.07, 6.45) is 11.2. The summed E-state index contributed by atoms with van der Waals surface area (Å²) in [6.45, 7) is 6.42. The summed E-state index contributed by atoms with van der Waals surface area (Å²) in [6, 6.07) is 6.30. The van der Waals surface area contributed by atoms with Crippen molar-refractivity contribution < 1.29 is 0 Å². The van der Waals surface area contributed by atoms with Crippen LogP contribution in [0.3, 0.4) is 0 Å². The number of thiol groups is 1. The lowest BCUT2D eigenvalue weighted by atomic mass is 9.91. The Balaban J connectivity index is 1.48. The van der Waals surface area contributed by atoms with Gasteiger partial charge in [-0.1, -0.05) is 18.9 Å². The molecule has 0 aromatic carbocycles. The van der Waals surface area contributed by atoms with Gasteiger partial charge in [0.05, 0.1) is 11.9 Å². The molecule has 5 nitrogen and oxygen atoms in total. The molecule has 0 radical (unpaired) electrons. The summed E-state index contributed by atoms with van der Waals surface area (Å²) in [7, 11) is 2.17. The molecule has 0 amide bonds. The number of pyridine rings is 2. The van der Waals surface area contributed by atoms with Crippen LogP contribution in [0.15, 0.2) is 41.6 Å². The van der Waals surface area contributed by atoms with Crippen molar-refractivity contribution in [3.8, 4) is 0 Å². The number of allylic oxidation sites excluding steroid dienone is 2. The lowest BCUT2D eigenvalue weighted by Gasteiger charge is -2.33. The summed E-state index contributed by atoms with van der Waals surface area (Å²) >= 11 is 4.68. The van der Waals surface area contributed by atoms with E-state index in [0.717, 1.165) is 42.7 Å². The Hall–Kier alpha value is -2.05. The van der Waals surface area contributed by atoms with Gasteiger partial charge in [0.15, 0.2) is 0 Å². The minimum Gasteiger partial charge on any atom is -0.368 e. The average Bonchev–Trinajstić information content (AvgIpc) is 3.27. The van der Waals surface area contributed by atoms with Gasteiger partial charge < -0.3 is 15.1 Å². The molecule has 154 valence electrons. The van der Waals surface area contributed by atoms with Crippen LogP contribution in [0.4, 0.5) is 17.3 Å². The van der Waals surface area contributed by atoms with Crippen LogP contribution in [-0.4, -0.2) is 48.1 Å². The number of aromatic nitrogens is 2. The van der Waals surface area contributed by atoms with Gasteiger partial charge in [-0.15, -0.1) is 12.6 Å². The highest BCUT2D eigenvalue weighted by Gasteiger charge is 2.22. The zero-order chi connectivity index (χ0) is 20.2. The van der Waals surface area contributed by atoms with Gasteiger partial charge in [-0.25, -0.2) is 9.97 Å². The molecule has 2 fully saturated rings. The maximum atomic E-state index is 4.68. The van der Waals surface area contributed by atoms with Gasteiger partial charge in [0.25, 0.3) is 0 Å². The van der Waals surface area contributed by atoms with Crippen LogP contribution in [0.5, 0.6) is 0 Å². The van der Waals surface area contributed by atoms with Crippen LogP contribution in [0, 0.1) is 5.92 Å². The molecule has 4 rings (SSSR count). The van der Waals surface area contributed by atoms with Crippen molar-refractivity contribution in [3.05, 3.63) is 42.2 Å². The van der Waals surface area contributed by atoms with Crippen LogP contribution >= 0.6 is 12.6 Å². The number of hydrogen-bond donors (Lipinski definition) is 2. The zero-order valence-electron chi connectivity index (χ0n) is 17.4. The van der Waals surface area contributed by atoms with Gasteiger partial charge in [-0.2, -0.15) is 0 Å². The Kier molecular flexibility index (Phi) is 6.40. The highest BCUT2D eigenvalue weighted by atomic mass is 32.1. The topological polar surface area (TPSA) is 44.3 Å². The Morgan fingerprint density at radius 3 is 2.45 bits per heavy atom. The van der Waals surface area contributed by atoms with Crippen molar-refractivity contribution in [2.75, 3.05) is 43.4 Å². The standard InChI is InChI=1S/C23H31N5S/c1-3-19(17-6-4-5-7-17)20-14-23(25-16-21(20)29)26-22-9-8-18(15-24-22)28-12-10-27(2)11-13-28/h3,8-9,14-17,29H,4-7,10-13H2,1-2H3,(H,24,25,26)/b19-3+. The van der Waals surface area contributed by atoms with Crippen LogP contribution in [0.2, 0.25) is 0 Å². The number of nitrogens with one attached hydrogen (secondary N) is 1. The third kappa shape index (κ3) is 4.75.